The van der Waals surface area contributed by atoms with E-state index in [1.54, 1.807) is 16.9 Å². The number of nitrogens with two attached hydrogens (primary N) is 1. The summed E-state index contributed by atoms with van der Waals surface area (Å²) in [6, 6.07) is 4.67. The second kappa shape index (κ2) is 4.14. The SMILES string of the molecule is Cc1cnn(Cc2ccc(Cl)c(F)c2)c1N. The Labute approximate surface area is 97.6 Å². The number of nitrogen functional groups attached to an aromatic ring is 1. The lowest BCUT2D eigenvalue weighted by atomic mass is 10.2. The largest absolute Gasteiger partial charge is 0.384 e. The van der Waals surface area contributed by atoms with Crippen LogP contribution < -0.4 is 5.73 Å². The lowest BCUT2D eigenvalue weighted by Gasteiger charge is -2.05. The summed E-state index contributed by atoms with van der Waals surface area (Å²) in [5.41, 5.74) is 7.49. The summed E-state index contributed by atoms with van der Waals surface area (Å²) in [5.74, 6) is 0.164. The molecule has 0 saturated heterocycles. The van der Waals surface area contributed by atoms with E-state index in [9.17, 15) is 4.39 Å². The fraction of sp³-hybridized carbons (Fsp3) is 0.182. The molecule has 0 unspecified atom stereocenters. The molecule has 1 aromatic heterocycles. The van der Waals surface area contributed by atoms with Crippen LogP contribution in [0.25, 0.3) is 0 Å². The second-order valence-corrected chi connectivity index (χ2v) is 4.03. The highest BCUT2D eigenvalue weighted by atomic mass is 35.5. The van der Waals surface area contributed by atoms with Crippen molar-refractivity contribution in [2.24, 2.45) is 0 Å². The van der Waals surface area contributed by atoms with Gasteiger partial charge in [0, 0.05) is 5.56 Å². The van der Waals surface area contributed by atoms with Gasteiger partial charge in [0.2, 0.25) is 0 Å². The van der Waals surface area contributed by atoms with E-state index < -0.39 is 5.82 Å². The van der Waals surface area contributed by atoms with Crippen molar-refractivity contribution in [3.63, 3.8) is 0 Å². The van der Waals surface area contributed by atoms with Gasteiger partial charge in [-0.2, -0.15) is 5.10 Å². The zero-order chi connectivity index (χ0) is 11.7. The Balaban J connectivity index is 2.27. The van der Waals surface area contributed by atoms with E-state index in [1.165, 1.54) is 12.1 Å². The molecule has 0 spiro atoms. The van der Waals surface area contributed by atoms with E-state index in [0.29, 0.717) is 12.4 Å². The van der Waals surface area contributed by atoms with Gasteiger partial charge in [0.25, 0.3) is 0 Å². The molecule has 0 aliphatic heterocycles. The number of benzene rings is 1. The van der Waals surface area contributed by atoms with Gasteiger partial charge in [0.15, 0.2) is 0 Å². The molecule has 0 aliphatic rings. The second-order valence-electron chi connectivity index (χ2n) is 3.62. The van der Waals surface area contributed by atoms with E-state index in [0.717, 1.165) is 11.1 Å². The number of halogens is 2. The van der Waals surface area contributed by atoms with Crippen LogP contribution in [0.4, 0.5) is 10.2 Å². The monoisotopic (exact) mass is 239 g/mol. The summed E-state index contributed by atoms with van der Waals surface area (Å²) >= 11 is 5.60. The van der Waals surface area contributed by atoms with Crippen molar-refractivity contribution in [1.29, 1.82) is 0 Å². The Hall–Kier alpha value is -1.55. The Morgan fingerprint density at radius 1 is 1.50 bits per heavy atom. The highest BCUT2D eigenvalue weighted by Gasteiger charge is 2.06. The topological polar surface area (TPSA) is 43.8 Å². The van der Waals surface area contributed by atoms with Crippen LogP contribution in [0.15, 0.2) is 24.4 Å². The average Bonchev–Trinajstić information content (AvgIpc) is 2.55. The number of aryl methyl sites for hydroxylation is 1. The molecule has 1 aromatic carbocycles. The van der Waals surface area contributed by atoms with Gasteiger partial charge in [-0.25, -0.2) is 9.07 Å². The first-order chi connectivity index (χ1) is 7.58. The number of hydrogen-bond acceptors (Lipinski definition) is 2. The Morgan fingerprint density at radius 3 is 2.81 bits per heavy atom. The fourth-order valence-electron chi connectivity index (χ4n) is 1.43. The van der Waals surface area contributed by atoms with Crippen LogP contribution >= 0.6 is 11.6 Å². The van der Waals surface area contributed by atoms with Crippen LogP contribution in [0.2, 0.25) is 5.02 Å². The Morgan fingerprint density at radius 2 is 2.25 bits per heavy atom. The van der Waals surface area contributed by atoms with E-state index in [-0.39, 0.29) is 5.02 Å². The maximum absolute atomic E-state index is 13.2. The van der Waals surface area contributed by atoms with Gasteiger partial charge in [-0.05, 0) is 24.6 Å². The van der Waals surface area contributed by atoms with Gasteiger partial charge in [0.1, 0.15) is 11.6 Å². The lowest BCUT2D eigenvalue weighted by molar-refractivity contribution is 0.620. The molecule has 2 N–H and O–H groups in total. The quantitative estimate of drug-likeness (QED) is 0.876. The lowest BCUT2D eigenvalue weighted by Crippen LogP contribution is -2.06. The molecule has 0 radical (unpaired) electrons. The third-order valence-electron chi connectivity index (χ3n) is 2.39. The first-order valence-corrected chi connectivity index (χ1v) is 5.17. The zero-order valence-corrected chi connectivity index (χ0v) is 9.50. The van der Waals surface area contributed by atoms with Crippen LogP contribution in [-0.4, -0.2) is 9.78 Å². The smallest absolute Gasteiger partial charge is 0.142 e. The third kappa shape index (κ3) is 2.02. The van der Waals surface area contributed by atoms with Crippen LogP contribution in [0.3, 0.4) is 0 Å². The van der Waals surface area contributed by atoms with Crippen LogP contribution in [0, 0.1) is 12.7 Å². The molecule has 0 aliphatic carbocycles. The molecule has 0 amide bonds. The van der Waals surface area contributed by atoms with Crippen LogP contribution in [0.1, 0.15) is 11.1 Å². The van der Waals surface area contributed by atoms with E-state index in [4.69, 9.17) is 17.3 Å². The maximum atomic E-state index is 13.2. The molecule has 16 heavy (non-hydrogen) atoms. The summed E-state index contributed by atoms with van der Waals surface area (Å²) in [4.78, 5) is 0. The first kappa shape index (κ1) is 11.0. The molecule has 2 aromatic rings. The maximum Gasteiger partial charge on any atom is 0.142 e. The van der Waals surface area contributed by atoms with Crippen molar-refractivity contribution in [2.75, 3.05) is 5.73 Å². The molecular formula is C11H11ClFN3. The predicted octanol–water partition coefficient (Wildman–Crippen LogP) is 2.61. The molecule has 5 heteroatoms. The molecule has 3 nitrogen and oxygen atoms in total. The highest BCUT2D eigenvalue weighted by Crippen LogP contribution is 2.17. The summed E-state index contributed by atoms with van der Waals surface area (Å²) < 4.78 is 14.8. The molecule has 84 valence electrons. The standard InChI is InChI=1S/C11H11ClFN3/c1-7-5-15-16(11(7)14)6-8-2-3-9(12)10(13)4-8/h2-5H,6,14H2,1H3. The van der Waals surface area contributed by atoms with E-state index >= 15 is 0 Å². The molecule has 0 fully saturated rings. The minimum Gasteiger partial charge on any atom is -0.384 e. The number of anilines is 1. The third-order valence-corrected chi connectivity index (χ3v) is 2.70. The van der Waals surface area contributed by atoms with Crippen molar-refractivity contribution in [2.45, 2.75) is 13.5 Å². The molecule has 0 bridgehead atoms. The van der Waals surface area contributed by atoms with Crippen molar-refractivity contribution in [3.8, 4) is 0 Å². The van der Waals surface area contributed by atoms with Crippen LogP contribution in [-0.2, 0) is 6.54 Å². The summed E-state index contributed by atoms with van der Waals surface area (Å²) in [6.07, 6.45) is 1.68. The first-order valence-electron chi connectivity index (χ1n) is 4.79. The molecule has 0 saturated carbocycles. The predicted molar refractivity (Wildman–Crippen MR) is 61.9 cm³/mol. The highest BCUT2D eigenvalue weighted by molar-refractivity contribution is 6.30. The Bertz CT molecular complexity index is 522. The van der Waals surface area contributed by atoms with Gasteiger partial charge in [-0.15, -0.1) is 0 Å². The van der Waals surface area contributed by atoms with Crippen molar-refractivity contribution in [1.82, 2.24) is 9.78 Å². The molecule has 1 heterocycles. The van der Waals surface area contributed by atoms with Gasteiger partial charge in [0.05, 0.1) is 17.8 Å². The van der Waals surface area contributed by atoms with E-state index in [2.05, 4.69) is 5.10 Å². The van der Waals surface area contributed by atoms with Crippen LogP contribution in [0.5, 0.6) is 0 Å². The van der Waals surface area contributed by atoms with Crippen molar-refractivity contribution in [3.05, 3.63) is 46.4 Å². The normalized spacial score (nSPS) is 10.7. The van der Waals surface area contributed by atoms with Crippen molar-refractivity contribution >= 4 is 17.4 Å². The minimum atomic E-state index is -0.429. The summed E-state index contributed by atoms with van der Waals surface area (Å²) in [7, 11) is 0. The van der Waals surface area contributed by atoms with Gasteiger partial charge >= 0.3 is 0 Å². The zero-order valence-electron chi connectivity index (χ0n) is 8.74. The molecule has 2 rings (SSSR count). The molecule has 0 atom stereocenters. The number of rotatable bonds is 2. The fourth-order valence-corrected chi connectivity index (χ4v) is 1.54. The summed E-state index contributed by atoms with van der Waals surface area (Å²) in [6.45, 7) is 2.31. The van der Waals surface area contributed by atoms with Gasteiger partial charge in [-0.1, -0.05) is 17.7 Å². The number of nitrogens with zero attached hydrogens (tertiary/aromatic N) is 2. The number of aromatic nitrogens is 2. The average molecular weight is 240 g/mol. The van der Waals surface area contributed by atoms with Gasteiger partial charge < -0.3 is 5.73 Å². The van der Waals surface area contributed by atoms with Crippen molar-refractivity contribution < 1.29 is 4.39 Å². The summed E-state index contributed by atoms with van der Waals surface area (Å²) in [5, 5.41) is 4.22. The Kier molecular flexibility index (Phi) is 2.83. The molecular weight excluding hydrogens is 229 g/mol. The number of hydrogen-bond donors (Lipinski definition) is 1. The van der Waals surface area contributed by atoms with Gasteiger partial charge in [-0.3, -0.25) is 0 Å². The minimum absolute atomic E-state index is 0.119. The van der Waals surface area contributed by atoms with E-state index in [1.807, 2.05) is 6.92 Å².